The fraction of sp³-hybridized carbons (Fsp3) is 0.115. The summed E-state index contributed by atoms with van der Waals surface area (Å²) in [6.07, 6.45) is 6.37. The average Bonchev–Trinajstić information content (AvgIpc) is 3.83. The number of hydrogen-bond donors (Lipinski definition) is 0. The van der Waals surface area contributed by atoms with Crippen molar-refractivity contribution >= 4 is 45.9 Å². The van der Waals surface area contributed by atoms with Gasteiger partial charge >= 0.3 is 0 Å². The molecule has 0 radical (unpaired) electrons. The van der Waals surface area contributed by atoms with E-state index in [0.29, 0.717) is 0 Å². The van der Waals surface area contributed by atoms with Gasteiger partial charge in [-0.25, -0.2) is 0 Å². The molecular formula is C52H37NOS. The summed E-state index contributed by atoms with van der Waals surface area (Å²) in [4.78, 5) is 5.12. The molecule has 8 aromatic rings. The van der Waals surface area contributed by atoms with Gasteiger partial charge in [-0.1, -0.05) is 135 Å². The van der Waals surface area contributed by atoms with Crippen LogP contribution >= 0.6 is 11.8 Å². The zero-order chi connectivity index (χ0) is 36.5. The second kappa shape index (κ2) is 11.3. The molecule has 7 aromatic carbocycles. The Morgan fingerprint density at radius 3 is 1.91 bits per heavy atom. The lowest BCUT2D eigenvalue weighted by Crippen LogP contribution is -2.32. The number of aryl methyl sites for hydroxylation is 1. The van der Waals surface area contributed by atoms with Crippen LogP contribution in [0.5, 0.6) is 0 Å². The molecule has 2 nitrogen and oxygen atoms in total. The molecule has 0 atom stereocenters. The van der Waals surface area contributed by atoms with E-state index in [1.165, 1.54) is 76.4 Å². The summed E-state index contributed by atoms with van der Waals surface area (Å²) in [6, 6.07) is 57.1. The van der Waals surface area contributed by atoms with E-state index in [9.17, 15) is 0 Å². The third kappa shape index (κ3) is 4.11. The molecule has 1 aliphatic heterocycles. The van der Waals surface area contributed by atoms with Gasteiger partial charge in [0.15, 0.2) is 0 Å². The highest BCUT2D eigenvalue weighted by atomic mass is 32.2. The molecule has 1 aromatic heterocycles. The summed E-state index contributed by atoms with van der Waals surface area (Å²) < 4.78 is 6.57. The predicted octanol–water partition coefficient (Wildman–Crippen LogP) is 14.0. The SMILES string of the molecule is CC1(C)c2ccccc2-c2ccc(N(c3ccc4c(c3)C3(c5ccccc5S4)c4ccccc4-c4ccccc43)c3cccc4oc5c(c34)CCC=C5)cc21. The Kier molecular flexibility index (Phi) is 6.41. The fourth-order valence-corrected chi connectivity index (χ4v) is 11.6. The molecule has 262 valence electrons. The highest BCUT2D eigenvalue weighted by Gasteiger charge is 2.50. The van der Waals surface area contributed by atoms with Crippen LogP contribution in [0.2, 0.25) is 0 Å². The summed E-state index contributed by atoms with van der Waals surface area (Å²) in [7, 11) is 0. The van der Waals surface area contributed by atoms with Crippen LogP contribution < -0.4 is 4.90 Å². The van der Waals surface area contributed by atoms with E-state index in [2.05, 4.69) is 183 Å². The molecule has 0 saturated heterocycles. The van der Waals surface area contributed by atoms with E-state index in [1.54, 1.807) is 0 Å². The Labute approximate surface area is 325 Å². The topological polar surface area (TPSA) is 16.4 Å². The smallest absolute Gasteiger partial charge is 0.137 e. The maximum absolute atomic E-state index is 6.57. The quantitative estimate of drug-likeness (QED) is 0.181. The van der Waals surface area contributed by atoms with E-state index in [4.69, 9.17) is 4.42 Å². The van der Waals surface area contributed by atoms with E-state index < -0.39 is 5.41 Å². The van der Waals surface area contributed by atoms with Crippen molar-refractivity contribution in [3.63, 3.8) is 0 Å². The first-order valence-corrected chi connectivity index (χ1v) is 20.2. The number of rotatable bonds is 3. The zero-order valence-corrected chi connectivity index (χ0v) is 31.6. The maximum Gasteiger partial charge on any atom is 0.137 e. The molecule has 3 heteroatoms. The number of furan rings is 1. The lowest BCUT2D eigenvalue weighted by Gasteiger charge is -2.40. The average molecular weight is 724 g/mol. The number of benzene rings is 7. The van der Waals surface area contributed by atoms with Crippen LogP contribution in [0.1, 0.15) is 65.0 Å². The van der Waals surface area contributed by atoms with Crippen LogP contribution in [0, 0.1) is 0 Å². The molecule has 55 heavy (non-hydrogen) atoms. The molecule has 0 fully saturated rings. The van der Waals surface area contributed by atoms with Gasteiger partial charge in [-0.05, 0) is 123 Å². The molecular weight excluding hydrogens is 687 g/mol. The second-order valence-electron chi connectivity index (χ2n) is 15.9. The lowest BCUT2D eigenvalue weighted by atomic mass is 9.67. The van der Waals surface area contributed by atoms with E-state index in [0.717, 1.165) is 41.2 Å². The third-order valence-corrected chi connectivity index (χ3v) is 14.0. The second-order valence-corrected chi connectivity index (χ2v) is 17.0. The van der Waals surface area contributed by atoms with E-state index in [1.807, 2.05) is 11.8 Å². The Balaban J connectivity index is 1.15. The van der Waals surface area contributed by atoms with Gasteiger partial charge in [-0.15, -0.1) is 0 Å². The number of hydrogen-bond acceptors (Lipinski definition) is 3. The minimum absolute atomic E-state index is 0.128. The summed E-state index contributed by atoms with van der Waals surface area (Å²) in [5.41, 5.74) is 18.5. The van der Waals surface area contributed by atoms with Crippen LogP contribution in [0.4, 0.5) is 17.1 Å². The number of allylic oxidation sites excluding steroid dienone is 1. The molecule has 3 aliphatic carbocycles. The van der Waals surface area contributed by atoms with E-state index in [-0.39, 0.29) is 5.41 Å². The van der Waals surface area contributed by atoms with Gasteiger partial charge in [-0.2, -0.15) is 0 Å². The Morgan fingerprint density at radius 2 is 1.15 bits per heavy atom. The fourth-order valence-electron chi connectivity index (χ4n) is 10.4. The zero-order valence-electron chi connectivity index (χ0n) is 30.8. The molecule has 4 aliphatic rings. The first kappa shape index (κ1) is 31.3. The van der Waals surface area contributed by atoms with Crippen LogP contribution in [0.25, 0.3) is 39.3 Å². The lowest BCUT2D eigenvalue weighted by molar-refractivity contribution is 0.595. The summed E-state index contributed by atoms with van der Waals surface area (Å²) in [5, 5.41) is 1.20. The Bertz CT molecular complexity index is 2920. The minimum Gasteiger partial charge on any atom is -0.456 e. The number of anilines is 3. The van der Waals surface area contributed by atoms with Crippen molar-refractivity contribution in [2.75, 3.05) is 4.90 Å². The highest BCUT2D eigenvalue weighted by molar-refractivity contribution is 7.99. The predicted molar refractivity (Wildman–Crippen MR) is 227 cm³/mol. The van der Waals surface area contributed by atoms with Gasteiger partial charge < -0.3 is 9.32 Å². The van der Waals surface area contributed by atoms with Crippen LogP contribution in [-0.2, 0) is 17.3 Å². The van der Waals surface area contributed by atoms with Crippen molar-refractivity contribution in [2.45, 2.75) is 47.3 Å². The maximum atomic E-state index is 6.57. The summed E-state index contributed by atoms with van der Waals surface area (Å²) in [5.74, 6) is 0.982. The van der Waals surface area contributed by atoms with Gasteiger partial charge in [0.25, 0.3) is 0 Å². The summed E-state index contributed by atoms with van der Waals surface area (Å²) in [6.45, 7) is 4.75. The Morgan fingerprint density at radius 1 is 0.545 bits per heavy atom. The van der Waals surface area contributed by atoms with Crippen molar-refractivity contribution in [3.8, 4) is 22.3 Å². The van der Waals surface area contributed by atoms with Crippen LogP contribution in [0.3, 0.4) is 0 Å². The number of fused-ring (bicyclic) bond motifs is 15. The van der Waals surface area contributed by atoms with Crippen LogP contribution in [-0.4, -0.2) is 0 Å². The normalized spacial score (nSPS) is 15.8. The van der Waals surface area contributed by atoms with Gasteiger partial charge in [0.2, 0.25) is 0 Å². The summed E-state index contributed by atoms with van der Waals surface area (Å²) >= 11 is 1.90. The molecule has 1 spiro atoms. The molecule has 0 bridgehead atoms. The van der Waals surface area contributed by atoms with Crippen molar-refractivity contribution < 1.29 is 4.42 Å². The van der Waals surface area contributed by atoms with Crippen molar-refractivity contribution in [3.05, 3.63) is 202 Å². The van der Waals surface area contributed by atoms with Crippen LogP contribution in [0.15, 0.2) is 172 Å². The van der Waals surface area contributed by atoms with Crippen molar-refractivity contribution in [2.24, 2.45) is 0 Å². The monoisotopic (exact) mass is 723 g/mol. The third-order valence-electron chi connectivity index (χ3n) is 12.8. The standard InChI is InChI=1S/C52H37NOS/c1-51(2)39-18-7-3-14-34(39)37-28-26-32(30-43(37)51)53(45-22-13-24-47-50(45)38-17-6-11-23-46(38)54-47)33-27-29-49-44(31-33)52(42-21-10-12-25-48(42)55-49)40-19-8-4-15-35(40)36-16-5-9-20-41(36)52/h3-5,7-16,18-31H,6,17H2,1-2H3. The Hall–Kier alpha value is -6.03. The molecule has 12 rings (SSSR count). The minimum atomic E-state index is -0.459. The molecule has 2 heterocycles. The molecule has 0 N–H and O–H groups in total. The largest absolute Gasteiger partial charge is 0.456 e. The van der Waals surface area contributed by atoms with Gasteiger partial charge in [0.05, 0.1) is 11.1 Å². The highest BCUT2D eigenvalue weighted by Crippen LogP contribution is 2.63. The van der Waals surface area contributed by atoms with Gasteiger partial charge in [0, 0.05) is 37.5 Å². The van der Waals surface area contributed by atoms with Gasteiger partial charge in [0.1, 0.15) is 11.3 Å². The molecule has 0 saturated carbocycles. The first-order chi connectivity index (χ1) is 27.0. The molecule has 0 unspecified atom stereocenters. The van der Waals surface area contributed by atoms with Crippen molar-refractivity contribution in [1.29, 1.82) is 0 Å². The molecule has 0 amide bonds. The van der Waals surface area contributed by atoms with E-state index >= 15 is 0 Å². The first-order valence-electron chi connectivity index (χ1n) is 19.4. The van der Waals surface area contributed by atoms with Gasteiger partial charge in [-0.3, -0.25) is 0 Å². The number of nitrogens with zero attached hydrogens (tertiary/aromatic N) is 1. The van der Waals surface area contributed by atoms with Crippen molar-refractivity contribution in [1.82, 2.24) is 0 Å².